The van der Waals surface area contributed by atoms with E-state index in [0.29, 0.717) is 0 Å². The summed E-state index contributed by atoms with van der Waals surface area (Å²) >= 11 is 5.42. The molecule has 0 aliphatic carbocycles. The van der Waals surface area contributed by atoms with Gasteiger partial charge in [-0.25, -0.2) is 0 Å². The van der Waals surface area contributed by atoms with Gasteiger partial charge >= 0.3 is 0 Å². The van der Waals surface area contributed by atoms with Crippen molar-refractivity contribution in [2.24, 2.45) is 0 Å². The molecule has 110 valence electrons. The second kappa shape index (κ2) is 7.41. The summed E-state index contributed by atoms with van der Waals surface area (Å²) in [5.41, 5.74) is 1.32. The van der Waals surface area contributed by atoms with Crippen molar-refractivity contribution < 1.29 is 4.42 Å². The van der Waals surface area contributed by atoms with E-state index in [1.165, 1.54) is 14.2 Å². The Bertz CT molecular complexity index is 502. The van der Waals surface area contributed by atoms with Gasteiger partial charge in [-0.3, -0.25) is 4.90 Å². The number of hydrogen-bond donors (Lipinski definition) is 0. The molecule has 2 heterocycles. The Kier molecular flexibility index (Phi) is 5.84. The van der Waals surface area contributed by atoms with Gasteiger partial charge in [-0.15, -0.1) is 11.3 Å². The lowest BCUT2D eigenvalue weighted by molar-refractivity contribution is 0.212. The molecule has 0 spiro atoms. The lowest BCUT2D eigenvalue weighted by atomic mass is 10.3. The third kappa shape index (κ3) is 4.74. The predicted octanol–water partition coefficient (Wildman–Crippen LogP) is 3.98. The topological polar surface area (TPSA) is 19.6 Å². The monoisotopic (exact) mass is 356 g/mol. The van der Waals surface area contributed by atoms with E-state index >= 15 is 0 Å². The van der Waals surface area contributed by atoms with Gasteiger partial charge in [0.05, 0.1) is 16.6 Å². The minimum atomic E-state index is 0.857. The number of aryl methyl sites for hydroxylation is 1. The fraction of sp³-hybridized carbons (Fsp3) is 0.467. The Morgan fingerprint density at radius 1 is 1.25 bits per heavy atom. The number of hydrogen-bond acceptors (Lipinski definition) is 4. The average Bonchev–Trinajstić information content (AvgIpc) is 2.98. The van der Waals surface area contributed by atoms with Crippen LogP contribution in [-0.4, -0.2) is 37.0 Å². The van der Waals surface area contributed by atoms with E-state index in [0.717, 1.165) is 31.9 Å². The van der Waals surface area contributed by atoms with Crippen LogP contribution in [0.4, 0.5) is 0 Å². The first-order valence-corrected chi connectivity index (χ1v) is 8.30. The van der Waals surface area contributed by atoms with Crippen molar-refractivity contribution in [2.75, 3.05) is 27.2 Å². The second-order valence-corrected chi connectivity index (χ2v) is 7.72. The Hall–Kier alpha value is -0.620. The first kappa shape index (κ1) is 15.8. The van der Waals surface area contributed by atoms with Crippen LogP contribution in [0.1, 0.15) is 16.2 Å². The van der Waals surface area contributed by atoms with Crippen LogP contribution in [-0.2, 0) is 13.1 Å². The summed E-state index contributed by atoms with van der Waals surface area (Å²) in [4.78, 5) is 6.03. The van der Waals surface area contributed by atoms with E-state index in [1.54, 1.807) is 6.26 Å². The lowest BCUT2D eigenvalue weighted by Gasteiger charge is -2.22. The molecule has 0 saturated heterocycles. The predicted molar refractivity (Wildman–Crippen MR) is 88.1 cm³/mol. The third-order valence-corrected chi connectivity index (χ3v) is 5.23. The highest BCUT2D eigenvalue weighted by atomic mass is 79.9. The van der Waals surface area contributed by atoms with E-state index in [-0.39, 0.29) is 0 Å². The quantitative estimate of drug-likeness (QED) is 0.747. The molecular formula is C15H21BrN2OS. The zero-order valence-electron chi connectivity index (χ0n) is 12.2. The molecule has 2 aromatic heterocycles. The van der Waals surface area contributed by atoms with Crippen LogP contribution in [0.15, 0.2) is 32.7 Å². The fourth-order valence-electron chi connectivity index (χ4n) is 2.00. The van der Waals surface area contributed by atoms with Gasteiger partial charge in [0.15, 0.2) is 0 Å². The average molecular weight is 357 g/mol. The molecular weight excluding hydrogens is 336 g/mol. The summed E-state index contributed by atoms with van der Waals surface area (Å²) < 4.78 is 6.71. The summed E-state index contributed by atoms with van der Waals surface area (Å²) in [5.74, 6) is 1.02. The number of nitrogens with zero attached hydrogens (tertiary/aromatic N) is 2. The van der Waals surface area contributed by atoms with Gasteiger partial charge < -0.3 is 9.32 Å². The smallest absolute Gasteiger partial charge is 0.117 e. The molecule has 2 aromatic rings. The van der Waals surface area contributed by atoms with E-state index < -0.39 is 0 Å². The summed E-state index contributed by atoms with van der Waals surface area (Å²) in [6.45, 7) is 6.04. The minimum Gasteiger partial charge on any atom is -0.468 e. The van der Waals surface area contributed by atoms with Gasteiger partial charge in [0.25, 0.3) is 0 Å². The fourth-order valence-corrected chi connectivity index (χ4v) is 3.67. The van der Waals surface area contributed by atoms with Crippen molar-refractivity contribution in [2.45, 2.75) is 20.0 Å². The molecule has 0 saturated carbocycles. The number of halogens is 1. The molecule has 0 aliphatic rings. The molecule has 5 heteroatoms. The third-order valence-electron chi connectivity index (χ3n) is 3.11. The first-order valence-electron chi connectivity index (χ1n) is 6.69. The van der Waals surface area contributed by atoms with Crippen LogP contribution in [0.3, 0.4) is 0 Å². The molecule has 0 aliphatic heterocycles. The zero-order chi connectivity index (χ0) is 14.5. The molecule has 20 heavy (non-hydrogen) atoms. The first-order chi connectivity index (χ1) is 9.54. The van der Waals surface area contributed by atoms with Crippen LogP contribution in [0.2, 0.25) is 0 Å². The van der Waals surface area contributed by atoms with Gasteiger partial charge in [0.2, 0.25) is 0 Å². The van der Waals surface area contributed by atoms with Crippen molar-refractivity contribution in [3.8, 4) is 0 Å². The van der Waals surface area contributed by atoms with Crippen LogP contribution in [0.25, 0.3) is 0 Å². The number of rotatable bonds is 7. The van der Waals surface area contributed by atoms with E-state index in [1.807, 2.05) is 23.5 Å². The highest BCUT2D eigenvalue weighted by molar-refractivity contribution is 9.11. The summed E-state index contributed by atoms with van der Waals surface area (Å²) in [6, 6.07) is 6.25. The largest absolute Gasteiger partial charge is 0.468 e. The summed E-state index contributed by atoms with van der Waals surface area (Å²) in [6.07, 6.45) is 1.74. The van der Waals surface area contributed by atoms with Gasteiger partial charge in [0.1, 0.15) is 5.76 Å². The molecule has 0 unspecified atom stereocenters. The SMILES string of the molecule is Cc1cc(CN(CCN(C)C)Cc2ccco2)sc1Br. The van der Waals surface area contributed by atoms with E-state index in [2.05, 4.69) is 52.8 Å². The molecule has 0 atom stereocenters. The molecule has 0 N–H and O–H groups in total. The van der Waals surface area contributed by atoms with Crippen molar-refractivity contribution in [3.63, 3.8) is 0 Å². The van der Waals surface area contributed by atoms with Crippen LogP contribution >= 0.6 is 27.3 Å². The summed E-state index contributed by atoms with van der Waals surface area (Å²) in [5, 5.41) is 0. The highest BCUT2D eigenvalue weighted by Gasteiger charge is 2.12. The maximum absolute atomic E-state index is 5.48. The lowest BCUT2D eigenvalue weighted by Crippen LogP contribution is -2.30. The van der Waals surface area contributed by atoms with Crippen molar-refractivity contribution >= 4 is 27.3 Å². The minimum absolute atomic E-state index is 0.857. The molecule has 0 amide bonds. The number of furan rings is 1. The highest BCUT2D eigenvalue weighted by Crippen LogP contribution is 2.28. The van der Waals surface area contributed by atoms with Gasteiger partial charge in [-0.1, -0.05) is 0 Å². The summed E-state index contributed by atoms with van der Waals surface area (Å²) in [7, 11) is 4.22. The van der Waals surface area contributed by atoms with Gasteiger partial charge in [-0.2, -0.15) is 0 Å². The van der Waals surface area contributed by atoms with Crippen molar-refractivity contribution in [1.29, 1.82) is 0 Å². The standard InChI is InChI=1S/C15H21BrN2OS/c1-12-9-14(20-15(12)16)11-18(7-6-17(2)3)10-13-5-4-8-19-13/h4-5,8-9H,6-7,10-11H2,1-3H3. The van der Waals surface area contributed by atoms with Crippen molar-refractivity contribution in [3.05, 3.63) is 44.4 Å². The number of thiophene rings is 1. The maximum Gasteiger partial charge on any atom is 0.117 e. The molecule has 0 fully saturated rings. The molecule has 3 nitrogen and oxygen atoms in total. The van der Waals surface area contributed by atoms with Gasteiger partial charge in [0, 0.05) is 24.5 Å². The second-order valence-electron chi connectivity index (χ2n) is 5.26. The Balaban J connectivity index is 2.01. The van der Waals surface area contributed by atoms with Crippen LogP contribution in [0, 0.1) is 6.92 Å². The van der Waals surface area contributed by atoms with Crippen LogP contribution in [0.5, 0.6) is 0 Å². The van der Waals surface area contributed by atoms with Crippen molar-refractivity contribution in [1.82, 2.24) is 9.80 Å². The Morgan fingerprint density at radius 2 is 2.05 bits per heavy atom. The normalized spacial score (nSPS) is 11.7. The number of likely N-dealkylation sites (N-methyl/N-ethyl adjacent to an activating group) is 1. The van der Waals surface area contributed by atoms with E-state index in [9.17, 15) is 0 Å². The molecule has 2 rings (SSSR count). The molecule has 0 radical (unpaired) electrons. The van der Waals surface area contributed by atoms with E-state index in [4.69, 9.17) is 4.42 Å². The maximum atomic E-state index is 5.48. The Morgan fingerprint density at radius 3 is 2.60 bits per heavy atom. The van der Waals surface area contributed by atoms with Crippen LogP contribution < -0.4 is 0 Å². The Labute approximate surface area is 133 Å². The molecule has 0 bridgehead atoms. The molecule has 0 aromatic carbocycles. The zero-order valence-corrected chi connectivity index (χ0v) is 14.6. The van der Waals surface area contributed by atoms with Gasteiger partial charge in [-0.05, 0) is 60.7 Å².